The molecule has 0 bridgehead atoms. The van der Waals surface area contributed by atoms with Crippen molar-refractivity contribution in [3.05, 3.63) is 41.5 Å². The number of hydrogen-bond acceptors (Lipinski definition) is 7. The molecule has 0 radical (unpaired) electrons. The molecule has 4 rings (SSSR count). The predicted octanol–water partition coefficient (Wildman–Crippen LogP) is 3.41. The van der Waals surface area contributed by atoms with Gasteiger partial charge in [0.15, 0.2) is 17.3 Å². The van der Waals surface area contributed by atoms with Crippen LogP contribution in [-0.2, 0) is 4.79 Å². The van der Waals surface area contributed by atoms with E-state index >= 15 is 0 Å². The summed E-state index contributed by atoms with van der Waals surface area (Å²) in [6, 6.07) is 9.00. The van der Waals surface area contributed by atoms with Gasteiger partial charge < -0.3 is 24.3 Å². The fourth-order valence-electron chi connectivity index (χ4n) is 4.18. The third kappa shape index (κ3) is 4.29. The summed E-state index contributed by atoms with van der Waals surface area (Å²) in [6.07, 6.45) is 1.89. The van der Waals surface area contributed by atoms with Crippen molar-refractivity contribution in [1.29, 1.82) is 0 Å². The van der Waals surface area contributed by atoms with Crippen LogP contribution in [0.15, 0.2) is 30.3 Å². The fraction of sp³-hybridized carbons (Fsp3) is 0.391. The highest BCUT2D eigenvalue weighted by atomic mass is 16.7. The lowest BCUT2D eigenvalue weighted by molar-refractivity contribution is -0.117. The van der Waals surface area contributed by atoms with Gasteiger partial charge in [0.2, 0.25) is 12.7 Å². The van der Waals surface area contributed by atoms with Crippen LogP contribution in [0, 0.1) is 0 Å². The summed E-state index contributed by atoms with van der Waals surface area (Å²) in [4.78, 5) is 27.1. The first-order valence-corrected chi connectivity index (χ1v) is 10.2. The fourth-order valence-corrected chi connectivity index (χ4v) is 4.18. The van der Waals surface area contributed by atoms with E-state index in [2.05, 4.69) is 10.2 Å². The smallest absolute Gasteiger partial charge is 0.238 e. The summed E-state index contributed by atoms with van der Waals surface area (Å²) in [5.41, 5.74) is 1.82. The Morgan fingerprint density at radius 2 is 1.90 bits per heavy atom. The Labute approximate surface area is 181 Å². The van der Waals surface area contributed by atoms with Gasteiger partial charge >= 0.3 is 0 Å². The van der Waals surface area contributed by atoms with Crippen LogP contribution in [0.3, 0.4) is 0 Å². The third-order valence-electron chi connectivity index (χ3n) is 5.67. The quantitative estimate of drug-likeness (QED) is 0.679. The highest BCUT2D eigenvalue weighted by molar-refractivity contribution is 6.05. The van der Waals surface area contributed by atoms with E-state index in [0.717, 1.165) is 36.4 Å². The second-order valence-electron chi connectivity index (χ2n) is 7.59. The topological polar surface area (TPSA) is 86.3 Å². The van der Waals surface area contributed by atoms with E-state index in [9.17, 15) is 9.59 Å². The van der Waals surface area contributed by atoms with Crippen LogP contribution in [-0.4, -0.2) is 50.7 Å². The molecular formula is C23H26N2O6. The van der Waals surface area contributed by atoms with Crippen LogP contribution >= 0.6 is 0 Å². The molecule has 1 unspecified atom stereocenters. The van der Waals surface area contributed by atoms with Crippen molar-refractivity contribution in [2.75, 3.05) is 39.4 Å². The van der Waals surface area contributed by atoms with Crippen LogP contribution in [0.25, 0.3) is 0 Å². The molecule has 0 saturated carbocycles. The molecule has 2 aliphatic heterocycles. The Morgan fingerprint density at radius 1 is 1.13 bits per heavy atom. The van der Waals surface area contributed by atoms with Crippen molar-refractivity contribution in [2.24, 2.45) is 0 Å². The summed E-state index contributed by atoms with van der Waals surface area (Å²) >= 11 is 0. The van der Waals surface area contributed by atoms with Crippen molar-refractivity contribution in [2.45, 2.75) is 25.8 Å². The summed E-state index contributed by atoms with van der Waals surface area (Å²) in [5, 5.41) is 2.88. The van der Waals surface area contributed by atoms with E-state index in [0.29, 0.717) is 22.7 Å². The summed E-state index contributed by atoms with van der Waals surface area (Å²) < 4.78 is 21.7. The number of anilines is 1. The van der Waals surface area contributed by atoms with E-state index in [1.54, 1.807) is 26.4 Å². The minimum Gasteiger partial charge on any atom is -0.497 e. The molecule has 2 aromatic rings. The number of ether oxygens (including phenoxy) is 4. The van der Waals surface area contributed by atoms with Crippen LogP contribution in [0.4, 0.5) is 5.69 Å². The van der Waals surface area contributed by atoms with Gasteiger partial charge in [0.1, 0.15) is 11.5 Å². The molecule has 2 aliphatic rings. The molecule has 0 spiro atoms. The zero-order valence-corrected chi connectivity index (χ0v) is 17.9. The maximum absolute atomic E-state index is 12.9. The zero-order chi connectivity index (χ0) is 22.0. The van der Waals surface area contributed by atoms with Crippen molar-refractivity contribution in [1.82, 2.24) is 4.90 Å². The molecular weight excluding hydrogens is 400 g/mol. The molecule has 1 atom stereocenters. The van der Waals surface area contributed by atoms with E-state index < -0.39 is 0 Å². The number of benzene rings is 2. The molecule has 8 nitrogen and oxygen atoms in total. The SMILES string of the molecule is COc1ccc(OC)c(C2CCCN2CC(=O)Nc2cc3c(cc2C(C)=O)OCO3)c1. The Bertz CT molecular complexity index is 1010. The minimum atomic E-state index is -0.199. The molecule has 1 N–H and O–H groups in total. The number of carbonyl (C=O) groups is 2. The summed E-state index contributed by atoms with van der Waals surface area (Å²) in [6.45, 7) is 2.54. The number of ketones is 1. The number of rotatable bonds is 7. The van der Waals surface area contributed by atoms with Gasteiger partial charge in [-0.3, -0.25) is 14.5 Å². The molecule has 164 valence electrons. The van der Waals surface area contributed by atoms with Gasteiger partial charge in [-0.25, -0.2) is 0 Å². The van der Waals surface area contributed by atoms with E-state index in [4.69, 9.17) is 18.9 Å². The molecule has 1 fully saturated rings. The summed E-state index contributed by atoms with van der Waals surface area (Å²) in [5.74, 6) is 2.18. The van der Waals surface area contributed by atoms with E-state index in [-0.39, 0.29) is 31.1 Å². The Hall–Kier alpha value is -3.26. The van der Waals surface area contributed by atoms with Gasteiger partial charge in [0, 0.05) is 23.2 Å². The van der Waals surface area contributed by atoms with Crippen molar-refractivity contribution in [3.63, 3.8) is 0 Å². The third-order valence-corrected chi connectivity index (χ3v) is 5.67. The number of hydrogen-bond donors (Lipinski definition) is 1. The monoisotopic (exact) mass is 426 g/mol. The number of Topliss-reactive ketones (excluding diaryl/α,β-unsaturated/α-hetero) is 1. The number of likely N-dealkylation sites (tertiary alicyclic amines) is 1. The number of methoxy groups -OCH3 is 2. The molecule has 1 saturated heterocycles. The maximum atomic E-state index is 12.9. The normalized spacial score (nSPS) is 17.5. The number of nitrogens with one attached hydrogen (secondary N) is 1. The molecule has 2 aromatic carbocycles. The van der Waals surface area contributed by atoms with Crippen molar-refractivity contribution >= 4 is 17.4 Å². The maximum Gasteiger partial charge on any atom is 0.238 e. The van der Waals surface area contributed by atoms with Crippen molar-refractivity contribution < 1.29 is 28.5 Å². The van der Waals surface area contributed by atoms with Crippen LogP contribution in [0.5, 0.6) is 23.0 Å². The lowest BCUT2D eigenvalue weighted by Gasteiger charge is -2.26. The Kier molecular flexibility index (Phi) is 5.99. The van der Waals surface area contributed by atoms with Crippen LogP contribution < -0.4 is 24.3 Å². The number of amides is 1. The number of fused-ring (bicyclic) bond motifs is 1. The highest BCUT2D eigenvalue weighted by Gasteiger charge is 2.30. The molecule has 8 heteroatoms. The molecule has 31 heavy (non-hydrogen) atoms. The van der Waals surface area contributed by atoms with Gasteiger partial charge in [-0.2, -0.15) is 0 Å². The molecule has 1 amide bonds. The Morgan fingerprint density at radius 3 is 2.61 bits per heavy atom. The van der Waals surface area contributed by atoms with E-state index in [1.165, 1.54) is 6.92 Å². The first-order chi connectivity index (χ1) is 15.0. The highest BCUT2D eigenvalue weighted by Crippen LogP contribution is 2.39. The van der Waals surface area contributed by atoms with Gasteiger partial charge in [-0.05, 0) is 50.6 Å². The zero-order valence-electron chi connectivity index (χ0n) is 17.9. The largest absolute Gasteiger partial charge is 0.497 e. The lowest BCUT2D eigenvalue weighted by Crippen LogP contribution is -2.33. The average molecular weight is 426 g/mol. The second kappa shape index (κ2) is 8.85. The number of carbonyl (C=O) groups excluding carboxylic acids is 2. The van der Waals surface area contributed by atoms with E-state index in [1.807, 2.05) is 18.2 Å². The van der Waals surface area contributed by atoms with Crippen molar-refractivity contribution in [3.8, 4) is 23.0 Å². The number of nitrogens with zero attached hydrogens (tertiary/aromatic N) is 1. The lowest BCUT2D eigenvalue weighted by atomic mass is 10.0. The molecule has 0 aromatic heterocycles. The summed E-state index contributed by atoms with van der Waals surface area (Å²) in [7, 11) is 3.27. The first-order valence-electron chi connectivity index (χ1n) is 10.2. The van der Waals surface area contributed by atoms with Gasteiger partial charge in [0.25, 0.3) is 0 Å². The standard InChI is InChI=1S/C23H26N2O6/c1-14(26)16-10-21-22(31-13-30-21)11-18(16)24-23(27)12-25-8-4-5-19(25)17-9-15(28-2)6-7-20(17)29-3/h6-7,9-11,19H,4-5,8,12-13H2,1-3H3,(H,24,27). The molecule has 2 heterocycles. The first kappa shape index (κ1) is 21.0. The predicted molar refractivity (Wildman–Crippen MR) is 114 cm³/mol. The molecule has 0 aliphatic carbocycles. The van der Waals surface area contributed by atoms with Gasteiger partial charge in [-0.15, -0.1) is 0 Å². The van der Waals surface area contributed by atoms with Gasteiger partial charge in [0.05, 0.1) is 26.5 Å². The second-order valence-corrected chi connectivity index (χ2v) is 7.59. The van der Waals surface area contributed by atoms with Crippen LogP contribution in [0.1, 0.15) is 41.7 Å². The minimum absolute atomic E-state index is 0.0415. The van der Waals surface area contributed by atoms with Gasteiger partial charge in [-0.1, -0.05) is 0 Å². The average Bonchev–Trinajstić information content (AvgIpc) is 3.41. The Balaban J connectivity index is 1.52. The van der Waals surface area contributed by atoms with Crippen LogP contribution in [0.2, 0.25) is 0 Å².